The van der Waals surface area contributed by atoms with Crippen LogP contribution in [0.2, 0.25) is 0 Å². The molecule has 4 aromatic rings. The highest BCUT2D eigenvalue weighted by molar-refractivity contribution is 7.89. The molecule has 10 heteroatoms. The van der Waals surface area contributed by atoms with Crippen molar-refractivity contribution < 1.29 is 13.2 Å². The number of benzene rings is 2. The van der Waals surface area contributed by atoms with Gasteiger partial charge in [-0.2, -0.15) is 0 Å². The first kappa shape index (κ1) is 25.9. The minimum absolute atomic E-state index is 0.00516. The van der Waals surface area contributed by atoms with Gasteiger partial charge < -0.3 is 10.2 Å². The van der Waals surface area contributed by atoms with Crippen molar-refractivity contribution in [1.29, 1.82) is 0 Å². The van der Waals surface area contributed by atoms with Crippen molar-refractivity contribution in [2.24, 2.45) is 0 Å². The van der Waals surface area contributed by atoms with Crippen LogP contribution in [0.3, 0.4) is 0 Å². The van der Waals surface area contributed by atoms with Crippen molar-refractivity contribution >= 4 is 38.8 Å². The summed E-state index contributed by atoms with van der Waals surface area (Å²) in [5.74, 6) is 0.380. The SMILES string of the molecule is CC(=O)N1CC(C)(C)c2ccc(Nc3ncc4ccc(-c5cccc(S(=O)(=O)NC(C)(C)C)c5)n4n3)cc21. The predicted octanol–water partition coefficient (Wildman–Crippen LogP) is 4.86. The second kappa shape index (κ2) is 8.92. The number of rotatable bonds is 5. The fraction of sp³-hybridized carbons (Fsp3) is 0.321. The van der Waals surface area contributed by atoms with Crippen molar-refractivity contribution in [2.75, 3.05) is 16.8 Å². The Morgan fingerprint density at radius 3 is 2.53 bits per heavy atom. The molecule has 9 nitrogen and oxygen atoms in total. The summed E-state index contributed by atoms with van der Waals surface area (Å²) in [7, 11) is -3.69. The van der Waals surface area contributed by atoms with Crippen molar-refractivity contribution in [2.45, 2.75) is 57.4 Å². The summed E-state index contributed by atoms with van der Waals surface area (Å²) in [4.78, 5) is 18.7. The lowest BCUT2D eigenvalue weighted by Crippen LogP contribution is -2.40. The molecule has 0 saturated heterocycles. The van der Waals surface area contributed by atoms with Crippen LogP contribution in [0, 0.1) is 0 Å². The number of carbonyl (C=O) groups excluding carboxylic acids is 1. The zero-order chi connectivity index (χ0) is 27.5. The number of hydrogen-bond acceptors (Lipinski definition) is 6. The Morgan fingerprint density at radius 1 is 1.05 bits per heavy atom. The molecule has 3 heterocycles. The monoisotopic (exact) mass is 532 g/mol. The number of nitrogens with zero attached hydrogens (tertiary/aromatic N) is 4. The van der Waals surface area contributed by atoms with Crippen molar-refractivity contribution in [3.8, 4) is 11.3 Å². The maximum atomic E-state index is 12.9. The van der Waals surface area contributed by atoms with Crippen LogP contribution in [-0.2, 0) is 20.2 Å². The number of fused-ring (bicyclic) bond motifs is 2. The van der Waals surface area contributed by atoms with Crippen molar-refractivity contribution in [3.05, 3.63) is 66.4 Å². The van der Waals surface area contributed by atoms with E-state index in [4.69, 9.17) is 0 Å². The van der Waals surface area contributed by atoms with Gasteiger partial charge in [-0.1, -0.05) is 32.0 Å². The summed E-state index contributed by atoms with van der Waals surface area (Å²) >= 11 is 0. The molecule has 2 aromatic heterocycles. The molecule has 0 bridgehead atoms. The summed E-state index contributed by atoms with van der Waals surface area (Å²) in [6.07, 6.45) is 1.71. The summed E-state index contributed by atoms with van der Waals surface area (Å²) in [5.41, 5.74) is 4.26. The average molecular weight is 533 g/mol. The molecule has 2 aromatic carbocycles. The molecule has 0 radical (unpaired) electrons. The molecule has 1 aliphatic rings. The van der Waals surface area contributed by atoms with E-state index in [-0.39, 0.29) is 16.2 Å². The third-order valence-electron chi connectivity index (χ3n) is 6.49. The lowest BCUT2D eigenvalue weighted by molar-refractivity contribution is -0.116. The zero-order valence-electron chi connectivity index (χ0n) is 22.4. The highest BCUT2D eigenvalue weighted by Gasteiger charge is 2.37. The van der Waals surface area contributed by atoms with Crippen LogP contribution >= 0.6 is 0 Å². The first-order valence-electron chi connectivity index (χ1n) is 12.4. The molecule has 0 fully saturated rings. The first-order chi connectivity index (χ1) is 17.7. The smallest absolute Gasteiger partial charge is 0.245 e. The molecule has 1 aliphatic heterocycles. The van der Waals surface area contributed by atoms with E-state index < -0.39 is 15.6 Å². The van der Waals surface area contributed by atoms with Gasteiger partial charge in [0.1, 0.15) is 0 Å². The van der Waals surface area contributed by atoms with E-state index in [2.05, 4.69) is 34.0 Å². The van der Waals surface area contributed by atoms with E-state index in [1.165, 1.54) is 0 Å². The van der Waals surface area contributed by atoms with Crippen LogP contribution in [0.15, 0.2) is 65.7 Å². The van der Waals surface area contributed by atoms with Crippen LogP contribution in [0.4, 0.5) is 17.3 Å². The van der Waals surface area contributed by atoms with Gasteiger partial charge in [-0.15, -0.1) is 5.10 Å². The fourth-order valence-corrected chi connectivity index (χ4v) is 6.31. The van der Waals surface area contributed by atoms with E-state index in [0.717, 1.165) is 28.1 Å². The maximum Gasteiger partial charge on any atom is 0.245 e. The Bertz CT molecular complexity index is 1670. The number of amides is 1. The zero-order valence-corrected chi connectivity index (χ0v) is 23.2. The van der Waals surface area contributed by atoms with Crippen LogP contribution in [0.25, 0.3) is 16.8 Å². The molecule has 38 heavy (non-hydrogen) atoms. The molecule has 0 saturated carbocycles. The number of hydrogen-bond donors (Lipinski definition) is 2. The predicted molar refractivity (Wildman–Crippen MR) is 149 cm³/mol. The minimum Gasteiger partial charge on any atom is -0.323 e. The van der Waals surface area contributed by atoms with E-state index in [9.17, 15) is 13.2 Å². The van der Waals surface area contributed by atoms with E-state index in [0.29, 0.717) is 18.1 Å². The Kier molecular flexibility index (Phi) is 6.07. The molecule has 0 atom stereocenters. The molecule has 0 aliphatic carbocycles. The normalized spacial score (nSPS) is 15.1. The van der Waals surface area contributed by atoms with Crippen LogP contribution in [0.5, 0.6) is 0 Å². The van der Waals surface area contributed by atoms with Gasteiger partial charge in [0.15, 0.2) is 0 Å². The number of nitrogens with one attached hydrogen (secondary N) is 2. The average Bonchev–Trinajstić information content (AvgIpc) is 3.35. The third kappa shape index (κ3) is 4.89. The van der Waals surface area contributed by atoms with E-state index in [1.807, 2.05) is 36.4 Å². The Labute approximate surface area is 222 Å². The lowest BCUT2D eigenvalue weighted by atomic mass is 9.87. The van der Waals surface area contributed by atoms with Crippen LogP contribution in [-0.4, -0.2) is 41.0 Å². The van der Waals surface area contributed by atoms with Gasteiger partial charge in [0.25, 0.3) is 0 Å². The Balaban J connectivity index is 1.48. The van der Waals surface area contributed by atoms with E-state index in [1.54, 1.807) is 61.5 Å². The molecule has 0 unspecified atom stereocenters. The van der Waals surface area contributed by atoms with Crippen LogP contribution in [0.1, 0.15) is 47.1 Å². The Morgan fingerprint density at radius 2 is 1.82 bits per heavy atom. The molecule has 2 N–H and O–H groups in total. The topological polar surface area (TPSA) is 109 Å². The summed E-state index contributed by atoms with van der Waals surface area (Å²) in [5, 5.41) is 7.94. The first-order valence-corrected chi connectivity index (χ1v) is 13.9. The highest BCUT2D eigenvalue weighted by atomic mass is 32.2. The van der Waals surface area contributed by atoms with Gasteiger partial charge in [-0.05, 0) is 62.7 Å². The maximum absolute atomic E-state index is 12.9. The van der Waals surface area contributed by atoms with Gasteiger partial charge in [0.2, 0.25) is 21.9 Å². The highest BCUT2D eigenvalue weighted by Crippen LogP contribution is 2.42. The number of aromatic nitrogens is 3. The molecule has 198 valence electrons. The molecule has 1 amide bonds. The van der Waals surface area contributed by atoms with Crippen molar-refractivity contribution in [3.63, 3.8) is 0 Å². The number of anilines is 3. The van der Waals surface area contributed by atoms with Gasteiger partial charge in [0.05, 0.1) is 22.3 Å². The second-order valence-corrected chi connectivity index (χ2v) is 13.0. The molecular weight excluding hydrogens is 500 g/mol. The fourth-order valence-electron chi connectivity index (χ4n) is 4.84. The number of sulfonamides is 1. The Hall–Kier alpha value is -3.76. The molecular formula is C28H32N6O3S. The lowest BCUT2D eigenvalue weighted by Gasteiger charge is -2.20. The van der Waals surface area contributed by atoms with Gasteiger partial charge in [0, 0.05) is 41.4 Å². The second-order valence-electron chi connectivity index (χ2n) is 11.4. The molecule has 5 rings (SSSR count). The quantitative estimate of drug-likeness (QED) is 0.380. The standard InChI is InChI=1S/C28H32N6O3S/c1-18(35)33-17-28(5,6)23-12-10-20(15-25(23)33)30-26-29-16-21-11-13-24(34(21)31-26)19-8-7-9-22(14-19)38(36,37)32-27(2,3)4/h7-16,32H,17H2,1-6H3,(H,30,31). The number of carbonyl (C=O) groups is 1. The largest absolute Gasteiger partial charge is 0.323 e. The summed E-state index contributed by atoms with van der Waals surface area (Å²) < 4.78 is 30.2. The van der Waals surface area contributed by atoms with Crippen molar-refractivity contribution in [1.82, 2.24) is 19.3 Å². The van der Waals surface area contributed by atoms with Crippen LogP contribution < -0.4 is 14.9 Å². The summed E-state index contributed by atoms with van der Waals surface area (Å²) in [6.45, 7) is 11.9. The van der Waals surface area contributed by atoms with Gasteiger partial charge in [-0.25, -0.2) is 22.6 Å². The van der Waals surface area contributed by atoms with Gasteiger partial charge in [-0.3, -0.25) is 4.79 Å². The van der Waals surface area contributed by atoms with E-state index >= 15 is 0 Å². The molecule has 0 spiro atoms. The van der Waals surface area contributed by atoms with Gasteiger partial charge >= 0.3 is 0 Å². The summed E-state index contributed by atoms with van der Waals surface area (Å²) in [6, 6.07) is 16.5. The third-order valence-corrected chi connectivity index (χ3v) is 8.24. The minimum atomic E-state index is -3.69.